The number of para-hydroxylation sites is 2. The summed E-state index contributed by atoms with van der Waals surface area (Å²) >= 11 is 0. The number of halogens is 3. The lowest BCUT2D eigenvalue weighted by atomic mass is 9.84. The van der Waals surface area contributed by atoms with Crippen LogP contribution in [0, 0.1) is 0 Å². The van der Waals surface area contributed by atoms with Gasteiger partial charge in [0.2, 0.25) is 0 Å². The number of nitrogens with one attached hydrogen (secondary N) is 3. The number of amides is 2. The van der Waals surface area contributed by atoms with Crippen molar-refractivity contribution in [2.75, 3.05) is 0 Å². The zero-order chi connectivity index (χ0) is 23.6. The predicted molar refractivity (Wildman–Crippen MR) is 119 cm³/mol. The molecule has 1 atom stereocenters. The van der Waals surface area contributed by atoms with Gasteiger partial charge in [0, 0.05) is 6.04 Å². The molecule has 1 fully saturated rings. The number of hydrogen-bond acceptors (Lipinski definition) is 3. The molecule has 1 aliphatic rings. The minimum atomic E-state index is -4.40. The van der Waals surface area contributed by atoms with E-state index in [4.69, 9.17) is 0 Å². The average Bonchev–Trinajstić information content (AvgIpc) is 3.19. The molecule has 4 rings (SSSR count). The molecule has 1 saturated carbocycles. The second-order valence-corrected chi connectivity index (χ2v) is 8.98. The van der Waals surface area contributed by atoms with Gasteiger partial charge in [0.25, 0.3) is 0 Å². The number of aromatic nitrogens is 2. The van der Waals surface area contributed by atoms with Gasteiger partial charge in [0.1, 0.15) is 5.82 Å². The van der Waals surface area contributed by atoms with Crippen molar-refractivity contribution < 1.29 is 23.1 Å². The fourth-order valence-electron chi connectivity index (χ4n) is 4.19. The Hall–Kier alpha value is -3.07. The maximum atomic E-state index is 12.9. The number of rotatable bonds is 5. The highest BCUT2D eigenvalue weighted by atomic mass is 19.4. The number of imidazole rings is 1. The molecule has 3 aromatic rings. The van der Waals surface area contributed by atoms with E-state index >= 15 is 0 Å². The number of alkyl halides is 3. The summed E-state index contributed by atoms with van der Waals surface area (Å²) in [4.78, 5) is 20.6. The van der Waals surface area contributed by atoms with Gasteiger partial charge >= 0.3 is 12.2 Å². The summed E-state index contributed by atoms with van der Waals surface area (Å²) in [5, 5.41) is 16.0. The van der Waals surface area contributed by atoms with E-state index in [-0.39, 0.29) is 18.5 Å². The Morgan fingerprint density at radius 3 is 2.48 bits per heavy atom. The first-order chi connectivity index (χ1) is 15.6. The third-order valence-corrected chi connectivity index (χ3v) is 6.16. The van der Waals surface area contributed by atoms with Gasteiger partial charge in [-0.15, -0.1) is 0 Å². The lowest BCUT2D eigenvalue weighted by Gasteiger charge is -2.33. The zero-order valence-corrected chi connectivity index (χ0v) is 18.2. The standard InChI is InChI=1S/C24H27F3N4O2/c1-23(33)12-10-17(11-13-23)28-22(32)31-20(21-29-18-4-2-3-5-19(18)30-21)14-15-6-8-16(9-7-15)24(25,26)27/h2-9,17,20,33H,10-14H2,1H3,(H,29,30)(H2,28,31,32)/t17-,20-,23-/m1/s1. The maximum Gasteiger partial charge on any atom is 0.416 e. The minimum Gasteiger partial charge on any atom is -0.390 e. The predicted octanol–water partition coefficient (Wildman–Crippen LogP) is 4.86. The van der Waals surface area contributed by atoms with Crippen molar-refractivity contribution in [3.8, 4) is 0 Å². The van der Waals surface area contributed by atoms with Crippen molar-refractivity contribution in [2.45, 2.75) is 62.9 Å². The number of hydrogen-bond donors (Lipinski definition) is 4. The summed E-state index contributed by atoms with van der Waals surface area (Å²) in [5.74, 6) is 0.526. The first-order valence-corrected chi connectivity index (χ1v) is 11.0. The second-order valence-electron chi connectivity index (χ2n) is 8.98. The Kier molecular flexibility index (Phi) is 6.34. The molecule has 33 heavy (non-hydrogen) atoms. The molecular weight excluding hydrogens is 433 g/mol. The summed E-state index contributed by atoms with van der Waals surface area (Å²) in [5.41, 5.74) is 0.768. The van der Waals surface area contributed by atoms with E-state index < -0.39 is 23.4 Å². The normalized spacial score (nSPS) is 22.2. The molecular formula is C24H27F3N4O2. The van der Waals surface area contributed by atoms with Crippen LogP contribution in [-0.2, 0) is 12.6 Å². The number of aromatic amines is 1. The van der Waals surface area contributed by atoms with E-state index in [1.165, 1.54) is 12.1 Å². The molecule has 176 valence electrons. The van der Waals surface area contributed by atoms with Crippen molar-refractivity contribution in [3.05, 3.63) is 65.5 Å². The Morgan fingerprint density at radius 1 is 1.18 bits per heavy atom. The molecule has 0 spiro atoms. The lowest BCUT2D eigenvalue weighted by molar-refractivity contribution is -0.137. The van der Waals surface area contributed by atoms with Crippen LogP contribution in [0.25, 0.3) is 11.0 Å². The van der Waals surface area contributed by atoms with Crippen LogP contribution in [0.5, 0.6) is 0 Å². The third-order valence-electron chi connectivity index (χ3n) is 6.16. The Morgan fingerprint density at radius 2 is 1.85 bits per heavy atom. The van der Waals surface area contributed by atoms with E-state index in [0.717, 1.165) is 23.2 Å². The van der Waals surface area contributed by atoms with Crippen LogP contribution in [-0.4, -0.2) is 32.7 Å². The van der Waals surface area contributed by atoms with Crippen molar-refractivity contribution in [3.63, 3.8) is 0 Å². The van der Waals surface area contributed by atoms with Crippen LogP contribution in [0.2, 0.25) is 0 Å². The van der Waals surface area contributed by atoms with Gasteiger partial charge in [-0.3, -0.25) is 0 Å². The van der Waals surface area contributed by atoms with Crippen molar-refractivity contribution in [1.29, 1.82) is 0 Å². The van der Waals surface area contributed by atoms with Crippen LogP contribution in [0.15, 0.2) is 48.5 Å². The summed E-state index contributed by atoms with van der Waals surface area (Å²) < 4.78 is 38.7. The lowest BCUT2D eigenvalue weighted by Crippen LogP contribution is -2.47. The molecule has 1 heterocycles. The highest BCUT2D eigenvalue weighted by Gasteiger charge is 2.31. The molecule has 0 aliphatic heterocycles. The Balaban J connectivity index is 1.50. The van der Waals surface area contributed by atoms with Crippen LogP contribution in [0.3, 0.4) is 0 Å². The molecule has 0 saturated heterocycles. The molecule has 1 aromatic heterocycles. The highest BCUT2D eigenvalue weighted by molar-refractivity contribution is 5.76. The van der Waals surface area contributed by atoms with Crippen molar-refractivity contribution >= 4 is 17.1 Å². The molecule has 0 radical (unpaired) electrons. The fraction of sp³-hybridized carbons (Fsp3) is 0.417. The fourth-order valence-corrected chi connectivity index (χ4v) is 4.19. The van der Waals surface area contributed by atoms with E-state index in [2.05, 4.69) is 20.6 Å². The van der Waals surface area contributed by atoms with Gasteiger partial charge in [-0.2, -0.15) is 13.2 Å². The second kappa shape index (κ2) is 9.05. The van der Waals surface area contributed by atoms with E-state index in [1.54, 1.807) is 6.92 Å². The van der Waals surface area contributed by atoms with Crippen LogP contribution >= 0.6 is 0 Å². The van der Waals surface area contributed by atoms with Crippen molar-refractivity contribution in [1.82, 2.24) is 20.6 Å². The van der Waals surface area contributed by atoms with Crippen molar-refractivity contribution in [2.24, 2.45) is 0 Å². The number of nitrogens with zero attached hydrogens (tertiary/aromatic N) is 1. The molecule has 0 bridgehead atoms. The summed E-state index contributed by atoms with van der Waals surface area (Å²) in [6, 6.07) is 11.4. The number of urea groups is 1. The van der Waals surface area contributed by atoms with Gasteiger partial charge in [0.15, 0.2) is 0 Å². The summed E-state index contributed by atoms with van der Waals surface area (Å²) in [7, 11) is 0. The quantitative estimate of drug-likeness (QED) is 0.438. The first-order valence-electron chi connectivity index (χ1n) is 11.0. The molecule has 6 nitrogen and oxygen atoms in total. The number of H-pyrrole nitrogens is 1. The minimum absolute atomic E-state index is 0.0485. The van der Waals surface area contributed by atoms with E-state index in [1.807, 2.05) is 24.3 Å². The van der Waals surface area contributed by atoms with Gasteiger partial charge in [-0.1, -0.05) is 24.3 Å². The number of carbonyl (C=O) groups excluding carboxylic acids is 1. The topological polar surface area (TPSA) is 90.0 Å². The number of fused-ring (bicyclic) bond motifs is 1. The zero-order valence-electron chi connectivity index (χ0n) is 18.2. The Labute approximate surface area is 189 Å². The average molecular weight is 461 g/mol. The molecule has 9 heteroatoms. The van der Waals surface area contributed by atoms with Gasteiger partial charge in [0.05, 0.1) is 28.2 Å². The third kappa shape index (κ3) is 5.84. The van der Waals surface area contributed by atoms with Gasteiger partial charge in [-0.05, 0) is 68.9 Å². The first kappa shape index (κ1) is 23.1. The SMILES string of the molecule is C[C@]1(O)CC[C@H](NC(=O)N[C@H](Cc2ccc(C(F)(F)F)cc2)c2nc3ccccc3[nH]2)CC1. The molecule has 0 unspecified atom stereocenters. The van der Waals surface area contributed by atoms with Crippen LogP contribution < -0.4 is 10.6 Å². The van der Waals surface area contributed by atoms with Crippen LogP contribution in [0.4, 0.5) is 18.0 Å². The molecule has 1 aliphatic carbocycles. The summed E-state index contributed by atoms with van der Waals surface area (Å²) in [6.07, 6.45) is -1.57. The number of aliphatic hydroxyl groups is 1. The summed E-state index contributed by atoms with van der Waals surface area (Å²) in [6.45, 7) is 1.80. The molecule has 2 aromatic carbocycles. The molecule has 2 amide bonds. The highest BCUT2D eigenvalue weighted by Crippen LogP contribution is 2.30. The smallest absolute Gasteiger partial charge is 0.390 e. The molecule has 4 N–H and O–H groups in total. The van der Waals surface area contributed by atoms with Crippen LogP contribution in [0.1, 0.15) is 55.6 Å². The maximum absolute atomic E-state index is 12.9. The van der Waals surface area contributed by atoms with Gasteiger partial charge in [-0.25, -0.2) is 9.78 Å². The number of carbonyl (C=O) groups is 1. The number of benzene rings is 2. The monoisotopic (exact) mass is 460 g/mol. The largest absolute Gasteiger partial charge is 0.416 e. The van der Waals surface area contributed by atoms with E-state index in [0.29, 0.717) is 37.1 Å². The van der Waals surface area contributed by atoms with E-state index in [9.17, 15) is 23.1 Å². The van der Waals surface area contributed by atoms with Gasteiger partial charge < -0.3 is 20.7 Å². The Bertz CT molecular complexity index is 1070.